The third-order valence-corrected chi connectivity index (χ3v) is 2.15. The molecule has 4 nitrogen and oxygen atoms in total. The first kappa shape index (κ1) is 15.1. The number of rotatable bonds is 0. The Kier molecular flexibility index (Phi) is 3.64. The fourth-order valence-electron chi connectivity index (χ4n) is 1.35. The van der Waals surface area contributed by atoms with Crippen LogP contribution in [-0.4, -0.2) is 17.6 Å². The van der Waals surface area contributed by atoms with Crippen LogP contribution in [0.3, 0.4) is 0 Å². The number of hydrogen-bond donors (Lipinski definition) is 1. The van der Waals surface area contributed by atoms with E-state index in [0.717, 1.165) is 7.05 Å². The highest BCUT2D eigenvalue weighted by Gasteiger charge is 2.43. The van der Waals surface area contributed by atoms with E-state index in [1.807, 2.05) is 0 Å². The zero-order chi connectivity index (χ0) is 15.0. The van der Waals surface area contributed by atoms with Crippen molar-refractivity contribution in [1.29, 1.82) is 0 Å². The van der Waals surface area contributed by atoms with E-state index in [4.69, 9.17) is 5.73 Å². The maximum absolute atomic E-state index is 12.6. The molecule has 0 radical (unpaired) electrons. The molecule has 1 rings (SSSR count). The molecule has 1 heterocycles. The average Bonchev–Trinajstić information content (AvgIpc) is 2.24. The van der Waals surface area contributed by atoms with Gasteiger partial charge in [-0.2, -0.15) is 26.3 Å². The van der Waals surface area contributed by atoms with Crippen molar-refractivity contribution in [3.8, 4) is 0 Å². The topological polar surface area (TPSA) is 60.4 Å². The molecule has 10 heteroatoms. The monoisotopic (exact) mass is 287 g/mol. The largest absolute Gasteiger partial charge is 0.418 e. The van der Waals surface area contributed by atoms with Crippen LogP contribution < -0.4 is 11.2 Å². The van der Waals surface area contributed by atoms with Crippen LogP contribution in [0.5, 0.6) is 0 Å². The van der Waals surface area contributed by atoms with Crippen LogP contribution in [0.2, 0.25) is 0 Å². The highest BCUT2D eigenvalue weighted by atomic mass is 19.4. The number of alkyl halides is 6. The normalized spacial score (nSPS) is 13.7. The second-order valence-electron chi connectivity index (χ2n) is 3.39. The Morgan fingerprint density at radius 1 is 1.16 bits per heavy atom. The lowest BCUT2D eigenvalue weighted by molar-refractivity contribution is -0.162. The van der Waals surface area contributed by atoms with Gasteiger partial charge >= 0.3 is 18.4 Å². The molecular formula is C9H7F6N3O. The van der Waals surface area contributed by atoms with Crippen molar-refractivity contribution in [3.63, 3.8) is 0 Å². The van der Waals surface area contributed by atoms with Crippen molar-refractivity contribution in [2.24, 2.45) is 10.7 Å². The number of halogens is 6. The smallest absolute Gasteiger partial charge is 0.351 e. The third kappa shape index (κ3) is 3.06. The van der Waals surface area contributed by atoms with Crippen LogP contribution in [0.1, 0.15) is 11.1 Å². The first-order valence-corrected chi connectivity index (χ1v) is 4.62. The van der Waals surface area contributed by atoms with Crippen molar-refractivity contribution in [3.05, 3.63) is 28.9 Å². The molecule has 0 aromatic carbocycles. The Labute approximate surface area is 102 Å². The van der Waals surface area contributed by atoms with Gasteiger partial charge in [0, 0.05) is 13.2 Å². The number of carbonyl (C=O) groups excluding carboxylic acids is 1. The highest BCUT2D eigenvalue weighted by molar-refractivity contribution is 5.74. The van der Waals surface area contributed by atoms with Crippen LogP contribution in [-0.2, 0) is 12.4 Å². The molecule has 0 aliphatic rings. The molecule has 0 atom stereocenters. The van der Waals surface area contributed by atoms with Crippen LogP contribution in [0.15, 0.2) is 17.3 Å². The zero-order valence-corrected chi connectivity index (χ0v) is 9.30. The molecule has 1 aromatic heterocycles. The summed E-state index contributed by atoms with van der Waals surface area (Å²) >= 11 is 0. The Morgan fingerprint density at radius 2 is 1.63 bits per heavy atom. The minimum absolute atomic E-state index is 0.0203. The van der Waals surface area contributed by atoms with Gasteiger partial charge in [-0.05, 0) is 6.07 Å². The molecule has 0 spiro atoms. The fourth-order valence-corrected chi connectivity index (χ4v) is 1.35. The number of carbonyl (C=O) groups is 1. The molecule has 0 saturated carbocycles. The molecule has 1 amide bonds. The van der Waals surface area contributed by atoms with Gasteiger partial charge < -0.3 is 5.73 Å². The van der Waals surface area contributed by atoms with Gasteiger partial charge in [-0.3, -0.25) is 9.56 Å². The molecule has 0 aliphatic carbocycles. The molecule has 0 aliphatic heterocycles. The predicted octanol–water partition coefficient (Wildman–Crippen LogP) is 1.98. The minimum atomic E-state index is -5.28. The maximum Gasteiger partial charge on any atom is 0.418 e. The Hall–Kier alpha value is -2.00. The summed E-state index contributed by atoms with van der Waals surface area (Å²) in [4.78, 5) is 14.2. The third-order valence-electron chi connectivity index (χ3n) is 2.15. The first-order chi connectivity index (χ1) is 8.48. The van der Waals surface area contributed by atoms with Crippen molar-refractivity contribution < 1.29 is 31.1 Å². The SMILES string of the molecule is C/N=c1\cc(C(F)(F)F)c(C(F)(F)F)cn1C(N)=O. The summed E-state index contributed by atoms with van der Waals surface area (Å²) in [5.41, 5.74) is 0.205. The van der Waals surface area contributed by atoms with E-state index in [2.05, 4.69) is 4.99 Å². The summed E-state index contributed by atoms with van der Waals surface area (Å²) in [5.74, 6) is 0. The van der Waals surface area contributed by atoms with E-state index >= 15 is 0 Å². The number of aromatic nitrogens is 1. The Balaban J connectivity index is 3.79. The van der Waals surface area contributed by atoms with Crippen molar-refractivity contribution in [2.75, 3.05) is 7.05 Å². The van der Waals surface area contributed by atoms with E-state index in [1.54, 1.807) is 0 Å². The van der Waals surface area contributed by atoms with Gasteiger partial charge in [-0.1, -0.05) is 0 Å². The second kappa shape index (κ2) is 4.59. The Morgan fingerprint density at radius 3 is 1.95 bits per heavy atom. The molecule has 19 heavy (non-hydrogen) atoms. The molecular weight excluding hydrogens is 280 g/mol. The van der Waals surface area contributed by atoms with Gasteiger partial charge in [0.25, 0.3) is 0 Å². The minimum Gasteiger partial charge on any atom is -0.351 e. The summed E-state index contributed by atoms with van der Waals surface area (Å²) < 4.78 is 75.6. The number of nitrogens with zero attached hydrogens (tertiary/aromatic N) is 2. The molecule has 1 aromatic rings. The van der Waals surface area contributed by atoms with Gasteiger partial charge in [0.05, 0.1) is 11.1 Å². The predicted molar refractivity (Wildman–Crippen MR) is 50.9 cm³/mol. The fraction of sp³-hybridized carbons (Fsp3) is 0.333. The second-order valence-corrected chi connectivity index (χ2v) is 3.39. The summed E-state index contributed by atoms with van der Waals surface area (Å²) in [6.07, 6.45) is -10.5. The van der Waals surface area contributed by atoms with Gasteiger partial charge in [-0.15, -0.1) is 0 Å². The van der Waals surface area contributed by atoms with E-state index in [0.29, 0.717) is 0 Å². The summed E-state index contributed by atoms with van der Waals surface area (Å²) in [6, 6.07) is -1.26. The lowest BCUT2D eigenvalue weighted by Crippen LogP contribution is -2.35. The summed E-state index contributed by atoms with van der Waals surface area (Å²) in [7, 11) is 1.02. The molecule has 0 unspecified atom stereocenters. The summed E-state index contributed by atoms with van der Waals surface area (Å²) in [6.45, 7) is 0. The van der Waals surface area contributed by atoms with E-state index in [1.165, 1.54) is 0 Å². The van der Waals surface area contributed by atoms with E-state index in [9.17, 15) is 31.1 Å². The lowest BCUT2D eigenvalue weighted by atomic mass is 10.1. The first-order valence-electron chi connectivity index (χ1n) is 4.62. The average molecular weight is 287 g/mol. The number of hydrogen-bond acceptors (Lipinski definition) is 2. The molecule has 0 bridgehead atoms. The van der Waals surface area contributed by atoms with Crippen molar-refractivity contribution >= 4 is 6.03 Å². The van der Waals surface area contributed by atoms with Gasteiger partial charge in [-0.25, -0.2) is 4.79 Å². The van der Waals surface area contributed by atoms with Crippen molar-refractivity contribution in [1.82, 2.24) is 4.57 Å². The molecule has 106 valence electrons. The van der Waals surface area contributed by atoms with Crippen LogP contribution >= 0.6 is 0 Å². The standard InChI is InChI=1S/C9H7F6N3O/c1-17-6-2-4(8(10,11)12)5(9(13,14)15)3-18(6)7(16)19/h2-3H,1H3,(H2,16,19)/b17-6+. The van der Waals surface area contributed by atoms with Gasteiger partial charge in [0.15, 0.2) is 0 Å². The lowest BCUT2D eigenvalue weighted by Gasteiger charge is -2.17. The van der Waals surface area contributed by atoms with Crippen molar-refractivity contribution in [2.45, 2.75) is 12.4 Å². The van der Waals surface area contributed by atoms with E-state index < -0.39 is 35.0 Å². The highest BCUT2D eigenvalue weighted by Crippen LogP contribution is 2.39. The Bertz CT molecular complexity index is 569. The molecule has 0 fully saturated rings. The number of pyridine rings is 1. The summed E-state index contributed by atoms with van der Waals surface area (Å²) in [5, 5.41) is 0. The number of primary amides is 1. The zero-order valence-electron chi connectivity index (χ0n) is 9.30. The molecule has 0 saturated heterocycles. The van der Waals surface area contributed by atoms with Gasteiger partial charge in [0.2, 0.25) is 0 Å². The number of amides is 1. The quantitative estimate of drug-likeness (QED) is 0.729. The molecule has 2 N–H and O–H groups in total. The van der Waals surface area contributed by atoms with Crippen LogP contribution in [0.25, 0.3) is 0 Å². The van der Waals surface area contributed by atoms with E-state index in [-0.39, 0.29) is 16.8 Å². The maximum atomic E-state index is 12.6. The van der Waals surface area contributed by atoms with Crippen LogP contribution in [0.4, 0.5) is 31.1 Å². The van der Waals surface area contributed by atoms with Gasteiger partial charge in [0.1, 0.15) is 5.49 Å². The van der Waals surface area contributed by atoms with Crippen LogP contribution in [0, 0.1) is 0 Å². The number of nitrogens with two attached hydrogens (primary N) is 1.